The first kappa shape index (κ1) is 19.8. The van der Waals surface area contributed by atoms with Crippen molar-refractivity contribution in [1.29, 1.82) is 0 Å². The van der Waals surface area contributed by atoms with E-state index in [1.807, 2.05) is 19.1 Å². The van der Waals surface area contributed by atoms with Gasteiger partial charge in [0.25, 0.3) is 0 Å². The maximum atomic E-state index is 12.9. The van der Waals surface area contributed by atoms with Gasteiger partial charge in [0.2, 0.25) is 10.0 Å². The Kier molecular flexibility index (Phi) is 5.57. The van der Waals surface area contributed by atoms with E-state index in [1.165, 1.54) is 12.3 Å². The molecule has 27 heavy (non-hydrogen) atoms. The first-order valence-corrected chi connectivity index (χ1v) is 11.7. The highest BCUT2D eigenvalue weighted by molar-refractivity contribution is 7.93. The molecule has 3 rings (SSSR count). The Morgan fingerprint density at radius 2 is 1.93 bits per heavy atom. The van der Waals surface area contributed by atoms with Gasteiger partial charge in [-0.3, -0.25) is 0 Å². The highest BCUT2D eigenvalue weighted by atomic mass is 32.2. The average molecular weight is 412 g/mol. The summed E-state index contributed by atoms with van der Waals surface area (Å²) in [5.74, 6) is -0.519. The fraction of sp³-hybridized carbons (Fsp3) is 0.333. The minimum atomic E-state index is -4.00. The summed E-state index contributed by atoms with van der Waals surface area (Å²) < 4.78 is 55.8. The first-order valence-electron chi connectivity index (χ1n) is 8.34. The molecular weight excluding hydrogens is 390 g/mol. The molecule has 1 aliphatic rings. The Morgan fingerprint density at radius 1 is 1.22 bits per heavy atom. The van der Waals surface area contributed by atoms with Crippen LogP contribution in [0.15, 0.2) is 52.5 Å². The molecule has 2 heterocycles. The Hall–Kier alpha value is -1.94. The number of benzene rings is 1. The lowest BCUT2D eigenvalue weighted by Gasteiger charge is -2.27. The zero-order valence-corrected chi connectivity index (χ0v) is 16.4. The molecule has 1 saturated heterocycles. The van der Waals surface area contributed by atoms with E-state index in [1.54, 1.807) is 24.3 Å². The summed E-state index contributed by atoms with van der Waals surface area (Å²) in [6.07, 6.45) is 1.57. The second kappa shape index (κ2) is 7.59. The van der Waals surface area contributed by atoms with Gasteiger partial charge in [-0.05, 0) is 30.7 Å². The van der Waals surface area contributed by atoms with Gasteiger partial charge < -0.3 is 9.52 Å². The lowest BCUT2D eigenvalue weighted by molar-refractivity contribution is 0.122. The van der Waals surface area contributed by atoms with Crippen molar-refractivity contribution in [2.24, 2.45) is 0 Å². The van der Waals surface area contributed by atoms with Crippen molar-refractivity contribution in [2.75, 3.05) is 11.5 Å². The van der Waals surface area contributed by atoms with Gasteiger partial charge in [0.05, 0.1) is 36.5 Å². The van der Waals surface area contributed by atoms with Crippen molar-refractivity contribution in [1.82, 2.24) is 4.31 Å². The van der Waals surface area contributed by atoms with E-state index < -0.39 is 43.5 Å². The van der Waals surface area contributed by atoms with Crippen LogP contribution in [-0.2, 0) is 26.4 Å². The summed E-state index contributed by atoms with van der Waals surface area (Å²) in [7, 11) is -7.52. The third-order valence-electron chi connectivity index (χ3n) is 4.39. The van der Waals surface area contributed by atoms with Crippen LogP contribution in [-0.4, -0.2) is 49.9 Å². The van der Waals surface area contributed by atoms with Crippen LogP contribution in [0.4, 0.5) is 0 Å². The van der Waals surface area contributed by atoms with Crippen molar-refractivity contribution in [3.8, 4) is 0 Å². The number of sulfone groups is 1. The number of aliphatic hydroxyl groups is 1. The minimum absolute atomic E-state index is 0.162. The van der Waals surface area contributed by atoms with E-state index in [4.69, 9.17) is 4.42 Å². The summed E-state index contributed by atoms with van der Waals surface area (Å²) >= 11 is 0. The van der Waals surface area contributed by atoms with Gasteiger partial charge in [0, 0.05) is 5.41 Å². The molecule has 2 atom stereocenters. The van der Waals surface area contributed by atoms with Crippen LogP contribution in [0.3, 0.4) is 0 Å². The van der Waals surface area contributed by atoms with Crippen LogP contribution in [0.25, 0.3) is 6.08 Å². The third kappa shape index (κ3) is 4.86. The number of furan rings is 1. The zero-order chi connectivity index (χ0) is 19.7. The van der Waals surface area contributed by atoms with E-state index in [0.29, 0.717) is 11.3 Å². The second-order valence-electron chi connectivity index (χ2n) is 6.59. The molecule has 1 aromatic carbocycles. The normalized spacial score (nSPS) is 22.6. The van der Waals surface area contributed by atoms with E-state index in [9.17, 15) is 21.9 Å². The zero-order valence-electron chi connectivity index (χ0n) is 14.7. The van der Waals surface area contributed by atoms with E-state index in [-0.39, 0.29) is 6.54 Å². The molecule has 0 aliphatic carbocycles. The summed E-state index contributed by atoms with van der Waals surface area (Å²) in [5.41, 5.74) is 1.75. The van der Waals surface area contributed by atoms with Crippen molar-refractivity contribution in [3.05, 3.63) is 65.0 Å². The number of hydrogen-bond acceptors (Lipinski definition) is 6. The number of nitrogens with zero attached hydrogens (tertiary/aromatic N) is 1. The van der Waals surface area contributed by atoms with Crippen LogP contribution >= 0.6 is 0 Å². The maximum absolute atomic E-state index is 12.9. The fourth-order valence-corrected chi connectivity index (χ4v) is 6.24. The topological polar surface area (TPSA) is 105 Å². The van der Waals surface area contributed by atoms with E-state index >= 15 is 0 Å². The van der Waals surface area contributed by atoms with Crippen molar-refractivity contribution >= 4 is 25.9 Å². The molecule has 0 radical (unpaired) electrons. The molecule has 2 unspecified atom stereocenters. The quantitative estimate of drug-likeness (QED) is 0.773. The lowest BCUT2D eigenvalue weighted by Crippen LogP contribution is -2.45. The number of sulfonamides is 1. The molecular formula is C18H21NO6S2. The Balaban J connectivity index is 1.92. The molecule has 2 aromatic rings. The summed E-state index contributed by atoms with van der Waals surface area (Å²) in [6.45, 7) is 1.77. The summed E-state index contributed by atoms with van der Waals surface area (Å²) in [6, 6.07) is 9.44. The molecule has 1 fully saturated rings. The van der Waals surface area contributed by atoms with Gasteiger partial charge in [0.15, 0.2) is 9.84 Å². The largest absolute Gasteiger partial charge is 0.468 e. The van der Waals surface area contributed by atoms with Crippen LogP contribution in [0.5, 0.6) is 0 Å². The minimum Gasteiger partial charge on any atom is -0.468 e. The van der Waals surface area contributed by atoms with E-state index in [2.05, 4.69) is 0 Å². The predicted molar refractivity (Wildman–Crippen MR) is 102 cm³/mol. The number of aryl methyl sites for hydroxylation is 1. The van der Waals surface area contributed by atoms with Crippen LogP contribution in [0.2, 0.25) is 0 Å². The van der Waals surface area contributed by atoms with Gasteiger partial charge in [-0.1, -0.05) is 29.8 Å². The number of rotatable bonds is 6. The fourth-order valence-electron chi connectivity index (χ4n) is 2.96. The SMILES string of the molecule is Cc1ccc(/C=C/S(=O)(=O)N(Cc2ccco2)C2CS(=O)(=O)CC2O)cc1. The van der Waals surface area contributed by atoms with Gasteiger partial charge in [-0.2, -0.15) is 4.31 Å². The monoisotopic (exact) mass is 411 g/mol. The number of hydrogen-bond donors (Lipinski definition) is 1. The van der Waals surface area contributed by atoms with Crippen LogP contribution < -0.4 is 0 Å². The summed E-state index contributed by atoms with van der Waals surface area (Å²) in [4.78, 5) is 0. The average Bonchev–Trinajstić information content (AvgIpc) is 3.19. The van der Waals surface area contributed by atoms with Gasteiger partial charge >= 0.3 is 0 Å². The third-order valence-corrected chi connectivity index (χ3v) is 7.62. The molecule has 0 bridgehead atoms. The molecule has 0 amide bonds. The first-order chi connectivity index (χ1) is 12.7. The van der Waals surface area contributed by atoms with Crippen molar-refractivity contribution in [2.45, 2.75) is 25.6 Å². The Morgan fingerprint density at radius 3 is 2.48 bits per heavy atom. The van der Waals surface area contributed by atoms with Crippen LogP contribution in [0.1, 0.15) is 16.9 Å². The maximum Gasteiger partial charge on any atom is 0.237 e. The molecule has 146 valence electrons. The molecule has 9 heteroatoms. The van der Waals surface area contributed by atoms with E-state index in [0.717, 1.165) is 15.3 Å². The van der Waals surface area contributed by atoms with Crippen LogP contribution in [0, 0.1) is 6.92 Å². The predicted octanol–water partition coefficient (Wildman–Crippen LogP) is 1.55. The lowest BCUT2D eigenvalue weighted by atomic mass is 10.2. The molecule has 1 N–H and O–H groups in total. The van der Waals surface area contributed by atoms with Gasteiger partial charge in [-0.15, -0.1) is 0 Å². The van der Waals surface area contributed by atoms with Crippen molar-refractivity contribution < 1.29 is 26.4 Å². The van der Waals surface area contributed by atoms with Gasteiger partial charge in [0.1, 0.15) is 5.76 Å². The summed E-state index contributed by atoms with van der Waals surface area (Å²) in [5, 5.41) is 11.2. The second-order valence-corrected chi connectivity index (χ2v) is 10.5. The smallest absolute Gasteiger partial charge is 0.237 e. The molecule has 0 spiro atoms. The highest BCUT2D eigenvalue weighted by Gasteiger charge is 2.44. The highest BCUT2D eigenvalue weighted by Crippen LogP contribution is 2.25. The molecule has 1 aliphatic heterocycles. The Labute approximate surface area is 158 Å². The number of aliphatic hydroxyl groups excluding tert-OH is 1. The molecule has 7 nitrogen and oxygen atoms in total. The Bertz CT molecular complexity index is 1010. The molecule has 0 saturated carbocycles. The standard InChI is InChI=1S/C18H21NO6S2/c1-14-4-6-15(7-5-14)8-10-27(23,24)19(11-16-3-2-9-25-16)17-12-26(21,22)13-18(17)20/h2-10,17-18,20H,11-13H2,1H3/b10-8+. The molecule has 1 aromatic heterocycles. The van der Waals surface area contributed by atoms with Gasteiger partial charge in [-0.25, -0.2) is 16.8 Å². The van der Waals surface area contributed by atoms with Crippen molar-refractivity contribution in [3.63, 3.8) is 0 Å².